The molecule has 2 fully saturated rings. The van der Waals surface area contributed by atoms with Gasteiger partial charge in [-0.25, -0.2) is 4.98 Å². The van der Waals surface area contributed by atoms with Crippen LogP contribution in [0, 0.1) is 0 Å². The molecule has 0 amide bonds. The lowest BCUT2D eigenvalue weighted by molar-refractivity contribution is -0.0814. The zero-order valence-corrected chi connectivity index (χ0v) is 12.1. The summed E-state index contributed by atoms with van der Waals surface area (Å²) in [5.74, 6) is 0.0403. The standard InChI is InChI=1S/C13H19BN2O4/c1-12(2)13(3,4)20-14(19-12)10-5-16-11(6-15-10)18-9-7-17-8-9/h5-6,9H,7-8H2,1-4H3/i5D,6D. The fraction of sp³-hybridized carbons (Fsp3) is 0.692. The average molecular weight is 280 g/mol. The monoisotopic (exact) mass is 280 g/mol. The highest BCUT2D eigenvalue weighted by Gasteiger charge is 2.52. The smallest absolute Gasteiger partial charge is 0.468 e. The molecule has 0 atom stereocenters. The van der Waals surface area contributed by atoms with Crippen LogP contribution in [0.2, 0.25) is 0 Å². The predicted octanol–water partition coefficient (Wildman–Crippen LogP) is 0.553. The molecule has 2 saturated heterocycles. The van der Waals surface area contributed by atoms with Crippen molar-refractivity contribution in [2.24, 2.45) is 0 Å². The van der Waals surface area contributed by atoms with Gasteiger partial charge in [0.05, 0.1) is 38.9 Å². The quantitative estimate of drug-likeness (QED) is 0.754. The summed E-state index contributed by atoms with van der Waals surface area (Å²) < 4.78 is 38.1. The van der Waals surface area contributed by atoms with Crippen LogP contribution in [0.1, 0.15) is 30.4 Å². The normalized spacial score (nSPS) is 25.9. The van der Waals surface area contributed by atoms with Gasteiger partial charge in [0.2, 0.25) is 5.88 Å². The largest absolute Gasteiger partial charge is 0.516 e. The third-order valence-corrected chi connectivity index (χ3v) is 3.91. The van der Waals surface area contributed by atoms with Crippen molar-refractivity contribution in [2.75, 3.05) is 13.2 Å². The van der Waals surface area contributed by atoms with E-state index in [2.05, 4.69) is 9.97 Å². The van der Waals surface area contributed by atoms with E-state index in [1.807, 2.05) is 27.7 Å². The van der Waals surface area contributed by atoms with Crippen LogP contribution in [0.3, 0.4) is 0 Å². The number of hydrogen-bond acceptors (Lipinski definition) is 6. The average Bonchev–Trinajstić information content (AvgIpc) is 2.56. The molecule has 3 rings (SSSR count). The van der Waals surface area contributed by atoms with Gasteiger partial charge in [0, 0.05) is 6.17 Å². The van der Waals surface area contributed by atoms with Crippen LogP contribution in [-0.4, -0.2) is 47.6 Å². The van der Waals surface area contributed by atoms with E-state index in [1.165, 1.54) is 0 Å². The van der Waals surface area contributed by atoms with Crippen molar-refractivity contribution in [3.05, 3.63) is 12.3 Å². The molecule has 0 N–H and O–H groups in total. The van der Waals surface area contributed by atoms with E-state index in [-0.39, 0.29) is 29.9 Å². The molecule has 0 bridgehead atoms. The lowest BCUT2D eigenvalue weighted by atomic mass is 9.85. The minimum absolute atomic E-state index is 0.0403. The van der Waals surface area contributed by atoms with Gasteiger partial charge in [-0.1, -0.05) is 0 Å². The van der Waals surface area contributed by atoms with E-state index >= 15 is 0 Å². The second-order valence-electron chi connectivity index (χ2n) is 6.00. The van der Waals surface area contributed by atoms with Crippen LogP contribution in [0.15, 0.2) is 12.3 Å². The molecule has 108 valence electrons. The highest BCUT2D eigenvalue weighted by molar-refractivity contribution is 6.61. The number of nitrogens with zero attached hydrogens (tertiary/aromatic N) is 2. The minimum atomic E-state index is -0.810. The highest BCUT2D eigenvalue weighted by atomic mass is 16.7. The molecule has 1 aromatic heterocycles. The first-order valence-corrected chi connectivity index (χ1v) is 6.65. The Balaban J connectivity index is 1.84. The Morgan fingerprint density at radius 1 is 1.20 bits per heavy atom. The molecule has 0 unspecified atom stereocenters. The van der Waals surface area contributed by atoms with Crippen molar-refractivity contribution < 1.29 is 21.5 Å². The summed E-state index contributed by atoms with van der Waals surface area (Å²) in [5, 5.41) is 0. The summed E-state index contributed by atoms with van der Waals surface area (Å²) in [6.45, 7) is 8.60. The second-order valence-corrected chi connectivity index (χ2v) is 6.00. The minimum Gasteiger partial charge on any atom is -0.468 e. The number of rotatable bonds is 3. The third kappa shape index (κ3) is 2.41. The molecule has 0 aliphatic carbocycles. The number of ether oxygens (including phenoxy) is 2. The lowest BCUT2D eigenvalue weighted by Gasteiger charge is -2.32. The third-order valence-electron chi connectivity index (χ3n) is 3.91. The van der Waals surface area contributed by atoms with E-state index in [9.17, 15) is 0 Å². The van der Waals surface area contributed by atoms with E-state index in [1.54, 1.807) is 0 Å². The molecule has 1 aromatic rings. The molecule has 3 heterocycles. The maximum absolute atomic E-state index is 8.02. The van der Waals surface area contributed by atoms with Crippen molar-refractivity contribution in [3.8, 4) is 5.88 Å². The van der Waals surface area contributed by atoms with Gasteiger partial charge in [0.15, 0.2) is 0 Å². The van der Waals surface area contributed by atoms with Gasteiger partial charge in [-0.2, -0.15) is 0 Å². The maximum Gasteiger partial charge on any atom is 0.516 e. The summed E-state index contributed by atoms with van der Waals surface area (Å²) in [4.78, 5) is 8.11. The van der Waals surface area contributed by atoms with Crippen LogP contribution in [0.25, 0.3) is 0 Å². The van der Waals surface area contributed by atoms with Gasteiger partial charge in [-0.3, -0.25) is 4.98 Å². The summed E-state index contributed by atoms with van der Waals surface area (Å²) in [5.41, 5.74) is -0.875. The van der Waals surface area contributed by atoms with Crippen LogP contribution < -0.4 is 10.3 Å². The van der Waals surface area contributed by atoms with Crippen LogP contribution >= 0.6 is 0 Å². The van der Waals surface area contributed by atoms with Gasteiger partial charge in [0.1, 0.15) is 6.10 Å². The molecular weight excluding hydrogens is 259 g/mol. The van der Waals surface area contributed by atoms with Crippen molar-refractivity contribution in [1.29, 1.82) is 0 Å². The Hall–Kier alpha value is -1.18. The van der Waals surface area contributed by atoms with E-state index in [4.69, 9.17) is 21.5 Å². The fourth-order valence-electron chi connectivity index (χ4n) is 1.82. The zero-order chi connectivity index (χ0) is 16.1. The summed E-state index contributed by atoms with van der Waals surface area (Å²) in [7, 11) is -0.810. The van der Waals surface area contributed by atoms with E-state index in [0.717, 1.165) is 0 Å². The summed E-state index contributed by atoms with van der Waals surface area (Å²) in [6, 6.07) is 0. The second kappa shape index (κ2) is 4.68. The number of hydrogen-bond donors (Lipinski definition) is 0. The molecule has 2 aliphatic rings. The van der Waals surface area contributed by atoms with Crippen molar-refractivity contribution in [3.63, 3.8) is 0 Å². The van der Waals surface area contributed by atoms with Crippen LogP contribution in [0.5, 0.6) is 5.88 Å². The first-order chi connectivity index (χ1) is 10.2. The van der Waals surface area contributed by atoms with Crippen LogP contribution in [0.4, 0.5) is 0 Å². The van der Waals surface area contributed by atoms with Crippen molar-refractivity contribution in [2.45, 2.75) is 45.0 Å². The Kier molecular flexibility index (Phi) is 2.69. The van der Waals surface area contributed by atoms with Crippen molar-refractivity contribution in [1.82, 2.24) is 9.97 Å². The number of aromatic nitrogens is 2. The first-order valence-electron chi connectivity index (χ1n) is 7.65. The Morgan fingerprint density at radius 3 is 2.40 bits per heavy atom. The Morgan fingerprint density at radius 2 is 1.85 bits per heavy atom. The maximum atomic E-state index is 8.02. The Bertz CT molecular complexity index is 580. The van der Waals surface area contributed by atoms with E-state index in [0.29, 0.717) is 13.2 Å². The molecule has 0 saturated carbocycles. The van der Waals surface area contributed by atoms with Crippen LogP contribution in [-0.2, 0) is 14.0 Å². The van der Waals surface area contributed by atoms with E-state index < -0.39 is 18.3 Å². The first kappa shape index (κ1) is 11.5. The predicted molar refractivity (Wildman–Crippen MR) is 73.0 cm³/mol. The molecule has 0 aromatic carbocycles. The van der Waals surface area contributed by atoms with Gasteiger partial charge in [-0.15, -0.1) is 0 Å². The van der Waals surface area contributed by atoms with Gasteiger partial charge in [0.25, 0.3) is 0 Å². The molecular formula is C13H19BN2O4. The molecule has 0 spiro atoms. The van der Waals surface area contributed by atoms with Crippen molar-refractivity contribution >= 4 is 12.7 Å². The fourth-order valence-corrected chi connectivity index (χ4v) is 1.82. The molecule has 0 radical (unpaired) electrons. The van der Waals surface area contributed by atoms with Gasteiger partial charge < -0.3 is 18.8 Å². The molecule has 7 heteroatoms. The molecule has 20 heavy (non-hydrogen) atoms. The topological polar surface area (TPSA) is 62.7 Å². The highest BCUT2D eigenvalue weighted by Crippen LogP contribution is 2.36. The molecule has 2 aliphatic heterocycles. The lowest BCUT2D eigenvalue weighted by Crippen LogP contribution is -2.41. The van der Waals surface area contributed by atoms with Gasteiger partial charge >= 0.3 is 7.12 Å². The summed E-state index contributed by atoms with van der Waals surface area (Å²) in [6.07, 6.45) is -0.363. The summed E-state index contributed by atoms with van der Waals surface area (Å²) >= 11 is 0. The zero-order valence-electron chi connectivity index (χ0n) is 14.1. The van der Waals surface area contributed by atoms with Gasteiger partial charge in [-0.05, 0) is 27.7 Å². The Labute approximate surface area is 121 Å². The molecule has 6 nitrogen and oxygen atoms in total. The SMILES string of the molecule is [2H]c1nc(B2OC(C)(C)C(C)(C)O2)c([2H])nc1OC1COC1.